The van der Waals surface area contributed by atoms with Gasteiger partial charge in [0.1, 0.15) is 12.4 Å². The molecule has 1 aromatic heterocycles. The maximum absolute atomic E-state index is 12.2. The average Bonchev–Trinajstić information content (AvgIpc) is 3.06. The van der Waals surface area contributed by atoms with Crippen molar-refractivity contribution in [2.75, 3.05) is 37.0 Å². The minimum atomic E-state index is -0.356. The molecule has 1 aromatic carbocycles. The largest absolute Gasteiger partial charge is 0.447 e. The summed E-state index contributed by atoms with van der Waals surface area (Å²) in [4.78, 5) is 31.6. The van der Waals surface area contributed by atoms with Crippen LogP contribution in [0.4, 0.5) is 16.3 Å². The van der Waals surface area contributed by atoms with Gasteiger partial charge in [-0.1, -0.05) is 6.07 Å². The van der Waals surface area contributed by atoms with Crippen molar-refractivity contribution in [2.24, 2.45) is 0 Å². The average molecular weight is 340 g/mol. The first-order valence-corrected chi connectivity index (χ1v) is 7.99. The first kappa shape index (κ1) is 16.8. The first-order valence-electron chi connectivity index (χ1n) is 7.99. The van der Waals surface area contributed by atoms with E-state index in [2.05, 4.69) is 10.3 Å². The van der Waals surface area contributed by atoms with E-state index in [1.807, 2.05) is 31.1 Å². The fraction of sp³-hybridized carbons (Fsp3) is 0.278. The molecule has 0 saturated carbocycles. The molecular weight excluding hydrogens is 320 g/mol. The van der Waals surface area contributed by atoms with Gasteiger partial charge in [0.25, 0.3) is 5.91 Å². The Hall–Kier alpha value is -3.09. The molecule has 0 radical (unpaired) electrons. The van der Waals surface area contributed by atoms with E-state index in [-0.39, 0.29) is 12.0 Å². The summed E-state index contributed by atoms with van der Waals surface area (Å²) in [5.74, 6) is 0.693. The number of hydrogen-bond donors (Lipinski definition) is 1. The summed E-state index contributed by atoms with van der Waals surface area (Å²) < 4.78 is 4.91. The number of nitrogens with zero attached hydrogens (tertiary/aromatic N) is 3. The first-order chi connectivity index (χ1) is 12.0. The van der Waals surface area contributed by atoms with Gasteiger partial charge in [0.05, 0.1) is 6.54 Å². The van der Waals surface area contributed by atoms with Crippen LogP contribution in [0.1, 0.15) is 15.9 Å². The van der Waals surface area contributed by atoms with Crippen molar-refractivity contribution in [1.82, 2.24) is 10.3 Å². The molecule has 130 valence electrons. The van der Waals surface area contributed by atoms with Crippen LogP contribution in [0.25, 0.3) is 0 Å². The highest BCUT2D eigenvalue weighted by atomic mass is 16.6. The predicted octanol–water partition coefficient (Wildman–Crippen LogP) is 2.03. The standard InChI is InChI=1S/C18H20N4O3/c1-21(2)16-8-3-13(11-19-16)12-20-17(23)14-4-6-15(7-5-14)22-9-10-25-18(22)24/h3-8,11H,9-10,12H2,1-2H3,(H,20,23). The second-order valence-electron chi connectivity index (χ2n) is 5.91. The normalized spacial score (nSPS) is 13.5. The van der Waals surface area contributed by atoms with E-state index in [9.17, 15) is 9.59 Å². The SMILES string of the molecule is CN(C)c1ccc(CNC(=O)c2ccc(N3CCOC3=O)cc2)cn1. The van der Waals surface area contributed by atoms with Crippen LogP contribution in [-0.2, 0) is 11.3 Å². The lowest BCUT2D eigenvalue weighted by atomic mass is 10.1. The lowest BCUT2D eigenvalue weighted by Crippen LogP contribution is -2.24. The van der Waals surface area contributed by atoms with Crippen molar-refractivity contribution in [2.45, 2.75) is 6.54 Å². The van der Waals surface area contributed by atoms with Gasteiger partial charge in [-0.2, -0.15) is 0 Å². The van der Waals surface area contributed by atoms with Gasteiger partial charge in [-0.3, -0.25) is 9.69 Å². The van der Waals surface area contributed by atoms with Gasteiger partial charge in [-0.15, -0.1) is 0 Å². The van der Waals surface area contributed by atoms with Crippen LogP contribution in [-0.4, -0.2) is 44.2 Å². The predicted molar refractivity (Wildman–Crippen MR) is 94.9 cm³/mol. The highest BCUT2D eigenvalue weighted by Gasteiger charge is 2.23. The molecular formula is C18H20N4O3. The monoisotopic (exact) mass is 340 g/mol. The summed E-state index contributed by atoms with van der Waals surface area (Å²) in [5, 5.41) is 2.86. The van der Waals surface area contributed by atoms with Gasteiger partial charge in [-0.25, -0.2) is 9.78 Å². The lowest BCUT2D eigenvalue weighted by Gasteiger charge is -2.13. The van der Waals surface area contributed by atoms with Gasteiger partial charge in [0.15, 0.2) is 0 Å². The van der Waals surface area contributed by atoms with Crippen molar-refractivity contribution in [3.05, 3.63) is 53.7 Å². The van der Waals surface area contributed by atoms with Crippen molar-refractivity contribution >= 4 is 23.5 Å². The van der Waals surface area contributed by atoms with Crippen LogP contribution >= 0.6 is 0 Å². The molecule has 7 nitrogen and oxygen atoms in total. The molecule has 2 heterocycles. The summed E-state index contributed by atoms with van der Waals surface area (Å²) in [6, 6.07) is 10.7. The third-order valence-electron chi connectivity index (χ3n) is 3.92. The molecule has 7 heteroatoms. The number of aromatic nitrogens is 1. The van der Waals surface area contributed by atoms with Crippen LogP contribution in [0.5, 0.6) is 0 Å². The number of ether oxygens (including phenoxy) is 1. The fourth-order valence-corrected chi connectivity index (χ4v) is 2.49. The third-order valence-corrected chi connectivity index (χ3v) is 3.92. The molecule has 0 atom stereocenters. The Morgan fingerprint density at radius 1 is 1.24 bits per heavy atom. The number of anilines is 2. The highest BCUT2D eigenvalue weighted by Crippen LogP contribution is 2.19. The lowest BCUT2D eigenvalue weighted by molar-refractivity contribution is 0.0951. The van der Waals surface area contributed by atoms with Crippen LogP contribution in [0, 0.1) is 0 Å². The molecule has 0 spiro atoms. The van der Waals surface area contributed by atoms with E-state index in [0.717, 1.165) is 17.1 Å². The second kappa shape index (κ2) is 7.21. The molecule has 0 aliphatic carbocycles. The molecule has 3 rings (SSSR count). The summed E-state index contributed by atoms with van der Waals surface area (Å²) in [7, 11) is 3.85. The molecule has 1 N–H and O–H groups in total. The van der Waals surface area contributed by atoms with Crippen LogP contribution in [0.15, 0.2) is 42.6 Å². The summed E-state index contributed by atoms with van der Waals surface area (Å²) in [6.45, 7) is 1.32. The topological polar surface area (TPSA) is 74.8 Å². The van der Waals surface area contributed by atoms with Crippen molar-refractivity contribution in [3.8, 4) is 0 Å². The fourth-order valence-electron chi connectivity index (χ4n) is 2.49. The number of nitrogens with one attached hydrogen (secondary N) is 1. The Kier molecular flexibility index (Phi) is 4.83. The number of carbonyl (C=O) groups is 2. The summed E-state index contributed by atoms with van der Waals surface area (Å²) >= 11 is 0. The molecule has 25 heavy (non-hydrogen) atoms. The van der Waals surface area contributed by atoms with Crippen molar-refractivity contribution < 1.29 is 14.3 Å². The van der Waals surface area contributed by atoms with E-state index in [1.165, 1.54) is 0 Å². The Labute approximate surface area is 146 Å². The molecule has 0 bridgehead atoms. The number of benzene rings is 1. The molecule has 2 amide bonds. The van der Waals surface area contributed by atoms with Gasteiger partial charge in [0, 0.05) is 38.1 Å². The number of rotatable bonds is 5. The Morgan fingerprint density at radius 2 is 2.00 bits per heavy atom. The highest BCUT2D eigenvalue weighted by molar-refractivity contribution is 5.95. The number of pyridine rings is 1. The summed E-state index contributed by atoms with van der Waals surface area (Å²) in [5.41, 5.74) is 2.19. The zero-order valence-corrected chi connectivity index (χ0v) is 14.2. The Balaban J connectivity index is 1.58. The molecule has 1 aliphatic heterocycles. The van der Waals surface area contributed by atoms with E-state index < -0.39 is 0 Å². The molecule has 1 saturated heterocycles. The van der Waals surface area contributed by atoms with E-state index >= 15 is 0 Å². The number of carbonyl (C=O) groups excluding carboxylic acids is 2. The van der Waals surface area contributed by atoms with E-state index in [1.54, 1.807) is 35.4 Å². The second-order valence-corrected chi connectivity index (χ2v) is 5.91. The van der Waals surface area contributed by atoms with Crippen LogP contribution in [0.3, 0.4) is 0 Å². The Morgan fingerprint density at radius 3 is 2.56 bits per heavy atom. The van der Waals surface area contributed by atoms with Crippen molar-refractivity contribution in [3.63, 3.8) is 0 Å². The van der Waals surface area contributed by atoms with Crippen LogP contribution < -0.4 is 15.1 Å². The number of cyclic esters (lactones) is 1. The smallest absolute Gasteiger partial charge is 0.414 e. The van der Waals surface area contributed by atoms with Gasteiger partial charge in [0.2, 0.25) is 0 Å². The molecule has 1 fully saturated rings. The van der Waals surface area contributed by atoms with Crippen molar-refractivity contribution in [1.29, 1.82) is 0 Å². The minimum absolute atomic E-state index is 0.174. The van der Waals surface area contributed by atoms with Gasteiger partial charge >= 0.3 is 6.09 Å². The van der Waals surface area contributed by atoms with E-state index in [0.29, 0.717) is 25.3 Å². The number of hydrogen-bond acceptors (Lipinski definition) is 5. The maximum Gasteiger partial charge on any atom is 0.414 e. The minimum Gasteiger partial charge on any atom is -0.447 e. The quantitative estimate of drug-likeness (QED) is 0.901. The third kappa shape index (κ3) is 3.88. The molecule has 2 aromatic rings. The zero-order valence-electron chi connectivity index (χ0n) is 14.2. The zero-order chi connectivity index (χ0) is 17.8. The maximum atomic E-state index is 12.2. The molecule has 0 unspecified atom stereocenters. The van der Waals surface area contributed by atoms with Gasteiger partial charge < -0.3 is 15.0 Å². The van der Waals surface area contributed by atoms with E-state index in [4.69, 9.17) is 4.74 Å². The van der Waals surface area contributed by atoms with Crippen LogP contribution in [0.2, 0.25) is 0 Å². The molecule has 1 aliphatic rings. The summed E-state index contributed by atoms with van der Waals surface area (Å²) in [6.07, 6.45) is 1.39. The Bertz CT molecular complexity index is 757. The number of amides is 2. The van der Waals surface area contributed by atoms with Gasteiger partial charge in [-0.05, 0) is 35.9 Å².